The van der Waals surface area contributed by atoms with E-state index in [1.165, 1.54) is 21.6 Å². The number of carbonyl (C=O) groups excluding carboxylic acids is 1. The van der Waals surface area contributed by atoms with Crippen molar-refractivity contribution >= 4 is 21.6 Å². The third kappa shape index (κ3) is 3.25. The van der Waals surface area contributed by atoms with Crippen molar-refractivity contribution in [1.29, 1.82) is 0 Å². The summed E-state index contributed by atoms with van der Waals surface area (Å²) in [5.74, 6) is -0.436. The number of nitrogens with zero attached hydrogens (tertiary/aromatic N) is 4. The number of hydrogen-bond acceptors (Lipinski definition) is 5. The van der Waals surface area contributed by atoms with E-state index in [4.69, 9.17) is 0 Å². The quantitative estimate of drug-likeness (QED) is 0.811. The monoisotopic (exact) mass is 349 g/mol. The highest BCUT2D eigenvalue weighted by Crippen LogP contribution is 2.29. The number of amides is 1. The Morgan fingerprint density at radius 1 is 1.38 bits per heavy atom. The Kier molecular flexibility index (Phi) is 4.52. The van der Waals surface area contributed by atoms with E-state index in [1.54, 1.807) is 6.92 Å². The minimum atomic E-state index is -3.46. The number of aromatic nitrogens is 3. The summed E-state index contributed by atoms with van der Waals surface area (Å²) in [6.07, 6.45) is 3.51. The van der Waals surface area contributed by atoms with Crippen LogP contribution in [0.5, 0.6) is 0 Å². The second-order valence-electron chi connectivity index (χ2n) is 5.61. The first kappa shape index (κ1) is 16.4. The molecule has 1 N–H and O–H groups in total. The van der Waals surface area contributed by atoms with Crippen molar-refractivity contribution in [3.8, 4) is 0 Å². The summed E-state index contributed by atoms with van der Waals surface area (Å²) in [6.45, 7) is 2.18. The normalized spacial score (nSPS) is 15.1. The number of para-hydroxylation sites is 1. The third-order valence-electron chi connectivity index (χ3n) is 4.05. The number of rotatable bonds is 6. The molecule has 0 radical (unpaired) electrons. The van der Waals surface area contributed by atoms with Gasteiger partial charge in [-0.25, -0.2) is 18.1 Å². The van der Waals surface area contributed by atoms with Crippen molar-refractivity contribution in [2.24, 2.45) is 0 Å². The van der Waals surface area contributed by atoms with E-state index in [-0.39, 0.29) is 18.2 Å². The molecule has 0 bridgehead atoms. The van der Waals surface area contributed by atoms with Crippen molar-refractivity contribution in [2.75, 3.05) is 23.1 Å². The van der Waals surface area contributed by atoms with Crippen molar-refractivity contribution in [2.45, 2.75) is 19.4 Å². The van der Waals surface area contributed by atoms with Crippen LogP contribution in [0.25, 0.3) is 0 Å². The lowest BCUT2D eigenvalue weighted by Crippen LogP contribution is -2.38. The lowest BCUT2D eigenvalue weighted by atomic mass is 10.2. The third-order valence-corrected chi connectivity index (χ3v) is 5.82. The van der Waals surface area contributed by atoms with Crippen molar-refractivity contribution in [3.63, 3.8) is 0 Å². The highest BCUT2D eigenvalue weighted by molar-refractivity contribution is 7.92. The molecule has 0 unspecified atom stereocenters. The van der Waals surface area contributed by atoms with Gasteiger partial charge in [-0.1, -0.05) is 18.2 Å². The second kappa shape index (κ2) is 6.60. The molecule has 0 saturated heterocycles. The van der Waals surface area contributed by atoms with Gasteiger partial charge in [0.15, 0.2) is 0 Å². The predicted octanol–water partition coefficient (Wildman–Crippen LogP) is 0.348. The fourth-order valence-corrected chi connectivity index (χ4v) is 4.12. The van der Waals surface area contributed by atoms with E-state index >= 15 is 0 Å². The molecule has 0 saturated carbocycles. The van der Waals surface area contributed by atoms with Crippen LogP contribution >= 0.6 is 0 Å². The lowest BCUT2D eigenvalue weighted by Gasteiger charge is -2.20. The van der Waals surface area contributed by atoms with E-state index in [0.717, 1.165) is 11.3 Å². The zero-order valence-electron chi connectivity index (χ0n) is 13.3. The summed E-state index contributed by atoms with van der Waals surface area (Å²) >= 11 is 0. The van der Waals surface area contributed by atoms with Gasteiger partial charge < -0.3 is 5.32 Å². The average Bonchev–Trinajstić information content (AvgIpc) is 3.23. The van der Waals surface area contributed by atoms with Crippen LogP contribution in [0.2, 0.25) is 0 Å². The predicted molar refractivity (Wildman–Crippen MR) is 89.0 cm³/mol. The SMILES string of the molecule is C[C@H](C(=O)NCCS(=O)(=O)N1CCc2ccccc21)n1cncn1. The fourth-order valence-electron chi connectivity index (χ4n) is 2.70. The molecular weight excluding hydrogens is 330 g/mol. The van der Waals surface area contributed by atoms with Gasteiger partial charge in [0.2, 0.25) is 15.9 Å². The topological polar surface area (TPSA) is 97.2 Å². The van der Waals surface area contributed by atoms with Gasteiger partial charge in [0.05, 0.1) is 11.4 Å². The largest absolute Gasteiger partial charge is 0.353 e. The summed E-state index contributed by atoms with van der Waals surface area (Å²) in [7, 11) is -3.46. The van der Waals surface area contributed by atoms with Crippen molar-refractivity contribution < 1.29 is 13.2 Å². The molecule has 0 fully saturated rings. The van der Waals surface area contributed by atoms with Crippen LogP contribution in [-0.2, 0) is 21.2 Å². The Labute approximate surface area is 140 Å². The Morgan fingerprint density at radius 3 is 2.92 bits per heavy atom. The molecule has 128 valence electrons. The Balaban J connectivity index is 1.58. The number of benzene rings is 1. The van der Waals surface area contributed by atoms with Crippen LogP contribution in [0.3, 0.4) is 0 Å². The number of nitrogens with one attached hydrogen (secondary N) is 1. The number of sulfonamides is 1. The summed E-state index contributed by atoms with van der Waals surface area (Å²) < 4.78 is 27.9. The molecule has 3 rings (SSSR count). The average molecular weight is 349 g/mol. The number of hydrogen-bond donors (Lipinski definition) is 1. The van der Waals surface area contributed by atoms with E-state index < -0.39 is 16.1 Å². The molecule has 1 aromatic carbocycles. The smallest absolute Gasteiger partial charge is 0.244 e. The summed E-state index contributed by atoms with van der Waals surface area (Å²) in [4.78, 5) is 15.8. The molecule has 1 aromatic heterocycles. The summed E-state index contributed by atoms with van der Waals surface area (Å²) in [5, 5.41) is 6.54. The maximum Gasteiger partial charge on any atom is 0.244 e. The fraction of sp³-hybridized carbons (Fsp3) is 0.400. The van der Waals surface area contributed by atoms with Gasteiger partial charge in [-0.3, -0.25) is 9.10 Å². The zero-order chi connectivity index (χ0) is 17.2. The number of anilines is 1. The van der Waals surface area contributed by atoms with E-state index in [9.17, 15) is 13.2 Å². The van der Waals surface area contributed by atoms with Gasteiger partial charge >= 0.3 is 0 Å². The minimum absolute atomic E-state index is 0.0544. The molecule has 24 heavy (non-hydrogen) atoms. The first-order chi connectivity index (χ1) is 11.5. The summed E-state index contributed by atoms with van der Waals surface area (Å²) in [5.41, 5.74) is 1.77. The minimum Gasteiger partial charge on any atom is -0.353 e. The molecule has 0 spiro atoms. The first-order valence-corrected chi connectivity index (χ1v) is 9.30. The highest BCUT2D eigenvalue weighted by Gasteiger charge is 2.29. The molecule has 0 aliphatic carbocycles. The maximum atomic E-state index is 12.5. The molecule has 1 atom stereocenters. The van der Waals surface area contributed by atoms with Crippen LogP contribution in [-0.4, -0.2) is 47.9 Å². The Morgan fingerprint density at radius 2 is 2.17 bits per heavy atom. The van der Waals surface area contributed by atoms with Crippen LogP contribution in [0, 0.1) is 0 Å². The van der Waals surface area contributed by atoms with Crippen molar-refractivity contribution in [3.05, 3.63) is 42.5 Å². The van der Waals surface area contributed by atoms with Crippen LogP contribution in [0.1, 0.15) is 18.5 Å². The molecule has 1 amide bonds. The van der Waals surface area contributed by atoms with E-state index in [2.05, 4.69) is 15.4 Å². The van der Waals surface area contributed by atoms with E-state index in [1.807, 2.05) is 24.3 Å². The van der Waals surface area contributed by atoms with E-state index in [0.29, 0.717) is 13.0 Å². The molecule has 8 nitrogen and oxygen atoms in total. The molecule has 9 heteroatoms. The zero-order valence-corrected chi connectivity index (χ0v) is 14.1. The van der Waals surface area contributed by atoms with Gasteiger partial charge in [0, 0.05) is 13.1 Å². The number of fused-ring (bicyclic) bond motifs is 1. The van der Waals surface area contributed by atoms with Gasteiger partial charge in [-0.05, 0) is 25.0 Å². The molecule has 1 aliphatic rings. The molecule has 1 aliphatic heterocycles. The number of carbonyl (C=O) groups is 1. The first-order valence-electron chi connectivity index (χ1n) is 7.69. The van der Waals surface area contributed by atoms with Gasteiger partial charge in [0.1, 0.15) is 18.7 Å². The lowest BCUT2D eigenvalue weighted by molar-refractivity contribution is -0.124. The van der Waals surface area contributed by atoms with Gasteiger partial charge in [0.25, 0.3) is 0 Å². The van der Waals surface area contributed by atoms with Crippen LogP contribution in [0.15, 0.2) is 36.9 Å². The van der Waals surface area contributed by atoms with Crippen LogP contribution in [0.4, 0.5) is 5.69 Å². The Hall–Kier alpha value is -2.42. The van der Waals surface area contributed by atoms with Gasteiger partial charge in [-0.2, -0.15) is 5.10 Å². The summed E-state index contributed by atoms with van der Waals surface area (Å²) in [6, 6.07) is 6.94. The van der Waals surface area contributed by atoms with Crippen molar-refractivity contribution in [1.82, 2.24) is 20.1 Å². The maximum absolute atomic E-state index is 12.5. The molecular formula is C15H19N5O3S. The van der Waals surface area contributed by atoms with Gasteiger partial charge in [-0.15, -0.1) is 0 Å². The molecule has 2 heterocycles. The second-order valence-corrected chi connectivity index (χ2v) is 7.62. The van der Waals surface area contributed by atoms with Crippen LogP contribution < -0.4 is 9.62 Å². The Bertz CT molecular complexity index is 819. The highest BCUT2D eigenvalue weighted by atomic mass is 32.2. The standard InChI is InChI=1S/C15H19N5O3S/c1-12(19-11-16-10-18-19)15(21)17-7-9-24(22,23)20-8-6-13-4-2-3-5-14(13)20/h2-5,10-12H,6-9H2,1H3,(H,17,21)/t12-/m1/s1. The molecule has 2 aromatic rings.